The Morgan fingerprint density at radius 3 is 2.38 bits per heavy atom. The average molecular weight is 318 g/mol. The van der Waals surface area contributed by atoms with Crippen LogP contribution in [-0.4, -0.2) is 5.91 Å². The number of carbonyl (C=O) groups excluding carboxylic acids is 1. The van der Waals surface area contributed by atoms with Crippen LogP contribution in [0.25, 0.3) is 0 Å². The van der Waals surface area contributed by atoms with E-state index in [1.807, 2.05) is 0 Å². The van der Waals surface area contributed by atoms with E-state index >= 15 is 0 Å². The van der Waals surface area contributed by atoms with E-state index in [0.29, 0.717) is 0 Å². The van der Waals surface area contributed by atoms with Crippen molar-refractivity contribution >= 4 is 23.2 Å². The summed E-state index contributed by atoms with van der Waals surface area (Å²) in [5.74, 6) is -1.88. The number of alkyl halides is 3. The summed E-state index contributed by atoms with van der Waals surface area (Å²) in [5.41, 5.74) is -1.92. The summed E-state index contributed by atoms with van der Waals surface area (Å²) in [5, 5.41) is 2.21. The Labute approximate surface area is 122 Å². The first-order valence-corrected chi connectivity index (χ1v) is 6.09. The Balaban J connectivity index is 2.33. The fourth-order valence-electron chi connectivity index (χ4n) is 1.71. The molecule has 2 aromatic rings. The van der Waals surface area contributed by atoms with Crippen molar-refractivity contribution in [3.8, 4) is 0 Å². The molecule has 0 saturated heterocycles. The van der Waals surface area contributed by atoms with Crippen molar-refractivity contribution in [3.05, 3.63) is 64.4 Å². The molecule has 0 bridgehead atoms. The number of rotatable bonds is 2. The molecule has 21 heavy (non-hydrogen) atoms. The minimum absolute atomic E-state index is 0.112. The van der Waals surface area contributed by atoms with Gasteiger partial charge in [0.1, 0.15) is 5.82 Å². The molecule has 7 heteroatoms. The first kappa shape index (κ1) is 15.3. The molecule has 2 nitrogen and oxygen atoms in total. The summed E-state index contributed by atoms with van der Waals surface area (Å²) in [6.45, 7) is 0. The highest BCUT2D eigenvalue weighted by molar-refractivity contribution is 6.30. The summed E-state index contributed by atoms with van der Waals surface area (Å²) < 4.78 is 52.0. The van der Waals surface area contributed by atoms with Crippen LogP contribution in [0, 0.1) is 5.82 Å². The zero-order valence-electron chi connectivity index (χ0n) is 10.3. The summed E-state index contributed by atoms with van der Waals surface area (Å²) in [4.78, 5) is 11.9. The van der Waals surface area contributed by atoms with Crippen LogP contribution >= 0.6 is 11.6 Å². The van der Waals surface area contributed by atoms with E-state index in [9.17, 15) is 22.4 Å². The minimum atomic E-state index is -4.67. The molecule has 0 heterocycles. The molecule has 1 amide bonds. The number of benzene rings is 2. The highest BCUT2D eigenvalue weighted by atomic mass is 35.5. The van der Waals surface area contributed by atoms with E-state index in [-0.39, 0.29) is 10.7 Å². The van der Waals surface area contributed by atoms with Gasteiger partial charge in [-0.3, -0.25) is 4.79 Å². The quantitative estimate of drug-likeness (QED) is 0.796. The molecule has 0 spiro atoms. The van der Waals surface area contributed by atoms with Crippen LogP contribution in [0.2, 0.25) is 5.02 Å². The predicted octanol–water partition coefficient (Wildman–Crippen LogP) is 4.75. The number of anilines is 1. The van der Waals surface area contributed by atoms with Gasteiger partial charge in [-0.25, -0.2) is 4.39 Å². The van der Waals surface area contributed by atoms with E-state index < -0.39 is 29.0 Å². The third kappa shape index (κ3) is 3.52. The van der Waals surface area contributed by atoms with Crippen LogP contribution in [0.5, 0.6) is 0 Å². The summed E-state index contributed by atoms with van der Waals surface area (Å²) in [7, 11) is 0. The molecule has 110 valence electrons. The molecule has 0 aliphatic carbocycles. The lowest BCUT2D eigenvalue weighted by Gasteiger charge is -2.13. The molecular formula is C14H8ClF4NO. The Morgan fingerprint density at radius 2 is 1.76 bits per heavy atom. The molecule has 0 saturated carbocycles. The smallest absolute Gasteiger partial charge is 0.319 e. The Morgan fingerprint density at radius 1 is 1.10 bits per heavy atom. The van der Waals surface area contributed by atoms with Gasteiger partial charge in [-0.2, -0.15) is 13.2 Å². The van der Waals surface area contributed by atoms with Gasteiger partial charge >= 0.3 is 6.18 Å². The Hall–Kier alpha value is -2.08. The molecule has 0 fully saturated rings. The second kappa shape index (κ2) is 5.73. The van der Waals surface area contributed by atoms with Crippen molar-refractivity contribution in [2.45, 2.75) is 6.18 Å². The largest absolute Gasteiger partial charge is 0.417 e. The van der Waals surface area contributed by atoms with Gasteiger partial charge in [0.2, 0.25) is 0 Å². The molecule has 0 unspecified atom stereocenters. The molecule has 0 aliphatic heterocycles. The van der Waals surface area contributed by atoms with Gasteiger partial charge in [0.25, 0.3) is 5.91 Å². The van der Waals surface area contributed by atoms with Crippen LogP contribution in [-0.2, 0) is 6.18 Å². The molecule has 0 atom stereocenters. The number of amides is 1. The van der Waals surface area contributed by atoms with Crippen molar-refractivity contribution in [1.29, 1.82) is 0 Å². The van der Waals surface area contributed by atoms with Crippen LogP contribution in [0.3, 0.4) is 0 Å². The predicted molar refractivity (Wildman–Crippen MR) is 70.8 cm³/mol. The maximum absolute atomic E-state index is 13.5. The van der Waals surface area contributed by atoms with Gasteiger partial charge in [-0.1, -0.05) is 23.7 Å². The van der Waals surface area contributed by atoms with Crippen molar-refractivity contribution < 1.29 is 22.4 Å². The lowest BCUT2D eigenvalue weighted by molar-refractivity contribution is -0.137. The zero-order valence-corrected chi connectivity index (χ0v) is 11.1. The standard InChI is InChI=1S/C14H8ClF4NO/c15-8-5-6-12(11(16)7-8)20-13(21)9-3-1-2-4-10(9)14(17,18)19/h1-7H,(H,20,21). The van der Waals surface area contributed by atoms with Gasteiger partial charge in [0, 0.05) is 5.02 Å². The summed E-state index contributed by atoms with van der Waals surface area (Å²) >= 11 is 5.55. The van der Waals surface area contributed by atoms with E-state index in [4.69, 9.17) is 11.6 Å². The van der Waals surface area contributed by atoms with Gasteiger partial charge < -0.3 is 5.32 Å². The minimum Gasteiger partial charge on any atom is -0.319 e. The molecular weight excluding hydrogens is 310 g/mol. The van der Waals surface area contributed by atoms with Crippen molar-refractivity contribution in [1.82, 2.24) is 0 Å². The highest BCUT2D eigenvalue weighted by Gasteiger charge is 2.34. The zero-order chi connectivity index (χ0) is 15.6. The normalized spacial score (nSPS) is 11.3. The second-order valence-corrected chi connectivity index (χ2v) is 4.56. The number of halogens is 5. The van der Waals surface area contributed by atoms with Crippen LogP contribution in [0.15, 0.2) is 42.5 Å². The van der Waals surface area contributed by atoms with Gasteiger partial charge in [-0.05, 0) is 30.3 Å². The van der Waals surface area contributed by atoms with Crippen molar-refractivity contribution in [2.24, 2.45) is 0 Å². The molecule has 2 rings (SSSR count). The molecule has 1 N–H and O–H groups in total. The first-order chi connectivity index (χ1) is 9.79. The molecule has 0 aliphatic rings. The van der Waals surface area contributed by atoms with E-state index in [1.54, 1.807) is 0 Å². The van der Waals surface area contributed by atoms with E-state index in [1.165, 1.54) is 24.3 Å². The van der Waals surface area contributed by atoms with Crippen LogP contribution < -0.4 is 5.32 Å². The SMILES string of the molecule is O=C(Nc1ccc(Cl)cc1F)c1ccccc1C(F)(F)F. The highest BCUT2D eigenvalue weighted by Crippen LogP contribution is 2.32. The number of hydrogen-bond acceptors (Lipinski definition) is 1. The maximum Gasteiger partial charge on any atom is 0.417 e. The summed E-state index contributed by atoms with van der Waals surface area (Å²) in [6.07, 6.45) is -4.67. The fraction of sp³-hybridized carbons (Fsp3) is 0.0714. The lowest BCUT2D eigenvalue weighted by Crippen LogP contribution is -2.19. The molecule has 0 aromatic heterocycles. The van der Waals surface area contributed by atoms with Gasteiger partial charge in [-0.15, -0.1) is 0 Å². The fourth-order valence-corrected chi connectivity index (χ4v) is 1.87. The Bertz CT molecular complexity index is 685. The summed E-state index contributed by atoms with van der Waals surface area (Å²) in [6, 6.07) is 7.71. The van der Waals surface area contributed by atoms with Gasteiger partial charge in [0.05, 0.1) is 16.8 Å². The van der Waals surface area contributed by atoms with Crippen LogP contribution in [0.4, 0.5) is 23.2 Å². The van der Waals surface area contributed by atoms with E-state index in [0.717, 1.165) is 18.2 Å². The lowest BCUT2D eigenvalue weighted by atomic mass is 10.1. The van der Waals surface area contributed by atoms with Crippen molar-refractivity contribution in [3.63, 3.8) is 0 Å². The molecule has 0 radical (unpaired) electrons. The number of carbonyl (C=O) groups is 1. The van der Waals surface area contributed by atoms with Gasteiger partial charge in [0.15, 0.2) is 0 Å². The second-order valence-electron chi connectivity index (χ2n) is 4.12. The monoisotopic (exact) mass is 317 g/mol. The first-order valence-electron chi connectivity index (χ1n) is 5.71. The molecule has 2 aromatic carbocycles. The Kier molecular flexibility index (Phi) is 4.18. The van der Waals surface area contributed by atoms with E-state index in [2.05, 4.69) is 5.32 Å². The van der Waals surface area contributed by atoms with Crippen LogP contribution in [0.1, 0.15) is 15.9 Å². The third-order valence-electron chi connectivity index (χ3n) is 2.66. The maximum atomic E-state index is 13.5. The number of hydrogen-bond donors (Lipinski definition) is 1. The third-order valence-corrected chi connectivity index (χ3v) is 2.89. The van der Waals surface area contributed by atoms with Crippen molar-refractivity contribution in [2.75, 3.05) is 5.32 Å². The topological polar surface area (TPSA) is 29.1 Å². The average Bonchev–Trinajstić information content (AvgIpc) is 2.41. The number of nitrogens with one attached hydrogen (secondary N) is 1.